The molecule has 12 heavy (non-hydrogen) atoms. The van der Waals surface area contributed by atoms with Gasteiger partial charge in [0.2, 0.25) is 0 Å². The quantitative estimate of drug-likeness (QED) is 0.615. The summed E-state index contributed by atoms with van der Waals surface area (Å²) in [5, 5.41) is 8.45. The summed E-state index contributed by atoms with van der Waals surface area (Å²) in [6, 6.07) is 0. The second-order valence-corrected chi connectivity index (χ2v) is 2.79. The lowest BCUT2D eigenvalue weighted by molar-refractivity contribution is -0.151. The second-order valence-electron chi connectivity index (χ2n) is 2.79. The van der Waals surface area contributed by atoms with Crippen LogP contribution in [0.4, 0.5) is 0 Å². The predicted molar refractivity (Wildman–Crippen MR) is 40.4 cm³/mol. The Morgan fingerprint density at radius 3 is 3.00 bits per heavy atom. The van der Waals surface area contributed by atoms with Crippen molar-refractivity contribution in [2.24, 2.45) is 5.92 Å². The van der Waals surface area contributed by atoms with Gasteiger partial charge in [0.25, 0.3) is 0 Å². The fourth-order valence-electron chi connectivity index (χ4n) is 1.05. The van der Waals surface area contributed by atoms with Crippen LogP contribution in [0.2, 0.25) is 0 Å². The summed E-state index contributed by atoms with van der Waals surface area (Å²) in [6.45, 7) is 1.82. The van der Waals surface area contributed by atoms with Crippen molar-refractivity contribution in [3.8, 4) is 0 Å². The van der Waals surface area contributed by atoms with Crippen LogP contribution in [0.1, 0.15) is 13.3 Å². The van der Waals surface area contributed by atoms with Crippen molar-refractivity contribution in [1.29, 1.82) is 0 Å². The molecule has 1 N–H and O–H groups in total. The highest BCUT2D eigenvalue weighted by Gasteiger charge is 2.25. The van der Waals surface area contributed by atoms with Crippen LogP contribution in [-0.2, 0) is 14.3 Å². The van der Waals surface area contributed by atoms with Crippen molar-refractivity contribution in [2.45, 2.75) is 19.4 Å². The molecule has 0 unspecified atom stereocenters. The molecular weight excluding hydrogens is 160 g/mol. The lowest BCUT2D eigenvalue weighted by Crippen LogP contribution is -2.29. The number of carboxylic acid groups (broad SMARTS) is 1. The van der Waals surface area contributed by atoms with Gasteiger partial charge in [-0.1, -0.05) is 13.0 Å². The van der Waals surface area contributed by atoms with Gasteiger partial charge in [-0.3, -0.25) is 4.79 Å². The summed E-state index contributed by atoms with van der Waals surface area (Å²) in [5.74, 6) is -1.42. The van der Waals surface area contributed by atoms with Gasteiger partial charge >= 0.3 is 11.9 Å². The number of carboxylic acids is 1. The minimum atomic E-state index is -0.949. The number of hydrogen-bond acceptors (Lipinski definition) is 3. The van der Waals surface area contributed by atoms with Crippen molar-refractivity contribution in [3.63, 3.8) is 0 Å². The summed E-state index contributed by atoms with van der Waals surface area (Å²) >= 11 is 0. The Hall–Kier alpha value is -1.32. The molecule has 0 aliphatic carbocycles. The molecule has 0 aromatic heterocycles. The first-order chi connectivity index (χ1) is 5.59. The Balaban J connectivity index is 2.59. The van der Waals surface area contributed by atoms with Gasteiger partial charge in [0.05, 0.1) is 6.42 Å². The van der Waals surface area contributed by atoms with Gasteiger partial charge in [0.1, 0.15) is 6.10 Å². The first-order valence-corrected chi connectivity index (χ1v) is 3.70. The third-order valence-corrected chi connectivity index (χ3v) is 1.77. The molecule has 1 aliphatic rings. The summed E-state index contributed by atoms with van der Waals surface area (Å²) in [4.78, 5) is 21.0. The molecule has 1 heterocycles. The lowest BCUT2D eigenvalue weighted by Gasteiger charge is -2.22. The first kappa shape index (κ1) is 8.77. The number of cyclic esters (lactones) is 1. The van der Waals surface area contributed by atoms with Gasteiger partial charge in [-0.25, -0.2) is 4.79 Å². The Bertz CT molecular complexity index is 231. The number of hydrogen-bond donors (Lipinski definition) is 1. The fraction of sp³-hybridized carbons (Fsp3) is 0.500. The van der Waals surface area contributed by atoms with E-state index < -0.39 is 18.0 Å². The minimum Gasteiger partial charge on any atom is -0.481 e. The molecule has 0 bridgehead atoms. The molecule has 0 aromatic rings. The number of esters is 1. The standard InChI is InChI=1S/C8H10O4/c1-5-2-3-8(11)12-6(5)4-7(9)10/h2-3,5-6H,4H2,1H3,(H,9,10)/t5-,6+/m0/s1. The SMILES string of the molecule is C[C@H]1C=CC(=O)O[C@@H]1CC(=O)O. The number of carbonyl (C=O) groups is 2. The van der Waals surface area contributed by atoms with Gasteiger partial charge in [0.15, 0.2) is 0 Å². The molecule has 2 atom stereocenters. The molecule has 0 spiro atoms. The second kappa shape index (κ2) is 3.38. The molecule has 0 amide bonds. The van der Waals surface area contributed by atoms with Crippen LogP contribution in [0.5, 0.6) is 0 Å². The van der Waals surface area contributed by atoms with Gasteiger partial charge in [0, 0.05) is 12.0 Å². The molecule has 4 heteroatoms. The van der Waals surface area contributed by atoms with E-state index in [0.717, 1.165) is 0 Å². The van der Waals surface area contributed by atoms with Crippen molar-refractivity contribution in [2.75, 3.05) is 0 Å². The minimum absolute atomic E-state index is 0.0150. The molecule has 1 rings (SSSR count). The van der Waals surface area contributed by atoms with E-state index in [2.05, 4.69) is 0 Å². The third kappa shape index (κ3) is 2.08. The molecule has 0 saturated heterocycles. The summed E-state index contributed by atoms with van der Waals surface area (Å²) in [6.07, 6.45) is 2.35. The maximum atomic E-state index is 10.7. The third-order valence-electron chi connectivity index (χ3n) is 1.77. The first-order valence-electron chi connectivity index (χ1n) is 3.70. The zero-order valence-corrected chi connectivity index (χ0v) is 6.69. The van der Waals surface area contributed by atoms with Crippen molar-refractivity contribution >= 4 is 11.9 Å². The van der Waals surface area contributed by atoms with Crippen LogP contribution in [0.25, 0.3) is 0 Å². The fourth-order valence-corrected chi connectivity index (χ4v) is 1.05. The van der Waals surface area contributed by atoms with Crippen molar-refractivity contribution in [1.82, 2.24) is 0 Å². The van der Waals surface area contributed by atoms with E-state index in [1.807, 2.05) is 6.92 Å². The molecule has 0 aromatic carbocycles. The van der Waals surface area contributed by atoms with E-state index in [9.17, 15) is 9.59 Å². The van der Waals surface area contributed by atoms with Gasteiger partial charge < -0.3 is 9.84 Å². The van der Waals surface area contributed by atoms with Crippen LogP contribution in [-0.4, -0.2) is 23.1 Å². The zero-order chi connectivity index (χ0) is 9.14. The lowest BCUT2D eigenvalue weighted by atomic mass is 9.99. The number of rotatable bonds is 2. The summed E-state index contributed by atoms with van der Waals surface area (Å²) in [5.41, 5.74) is 0. The Kier molecular flexibility index (Phi) is 2.47. The average Bonchev–Trinajstić information content (AvgIpc) is 1.96. The molecule has 4 nitrogen and oxygen atoms in total. The summed E-state index contributed by atoms with van der Waals surface area (Å²) in [7, 11) is 0. The van der Waals surface area contributed by atoms with Crippen LogP contribution in [0, 0.1) is 5.92 Å². The van der Waals surface area contributed by atoms with Crippen molar-refractivity contribution < 1.29 is 19.4 Å². The van der Waals surface area contributed by atoms with Gasteiger partial charge in [-0.2, -0.15) is 0 Å². The number of carbonyl (C=O) groups excluding carboxylic acids is 1. The van der Waals surface area contributed by atoms with E-state index >= 15 is 0 Å². The largest absolute Gasteiger partial charge is 0.481 e. The zero-order valence-electron chi connectivity index (χ0n) is 6.69. The van der Waals surface area contributed by atoms with E-state index in [1.54, 1.807) is 6.08 Å². The highest BCUT2D eigenvalue weighted by molar-refractivity contribution is 5.83. The molecular formula is C8H10O4. The maximum Gasteiger partial charge on any atom is 0.330 e. The Morgan fingerprint density at radius 1 is 1.75 bits per heavy atom. The van der Waals surface area contributed by atoms with Gasteiger partial charge in [-0.15, -0.1) is 0 Å². The molecule has 1 aliphatic heterocycles. The topological polar surface area (TPSA) is 63.6 Å². The highest BCUT2D eigenvalue weighted by atomic mass is 16.5. The smallest absolute Gasteiger partial charge is 0.330 e. The summed E-state index contributed by atoms with van der Waals surface area (Å²) < 4.78 is 4.80. The number of ether oxygens (including phenoxy) is 1. The van der Waals surface area contributed by atoms with Crippen LogP contribution < -0.4 is 0 Å². The molecule has 0 radical (unpaired) electrons. The monoisotopic (exact) mass is 170 g/mol. The molecule has 0 fully saturated rings. The predicted octanol–water partition coefficient (Wildman–Crippen LogP) is 0.579. The van der Waals surface area contributed by atoms with Crippen molar-refractivity contribution in [3.05, 3.63) is 12.2 Å². The molecule has 0 saturated carbocycles. The Labute approximate surface area is 69.8 Å². The van der Waals surface area contributed by atoms with Crippen LogP contribution >= 0.6 is 0 Å². The maximum absolute atomic E-state index is 10.7. The van der Waals surface area contributed by atoms with E-state index in [1.165, 1.54) is 6.08 Å². The average molecular weight is 170 g/mol. The normalized spacial score (nSPS) is 28.2. The van der Waals surface area contributed by atoms with E-state index in [0.29, 0.717) is 0 Å². The van der Waals surface area contributed by atoms with E-state index in [-0.39, 0.29) is 12.3 Å². The Morgan fingerprint density at radius 2 is 2.42 bits per heavy atom. The van der Waals surface area contributed by atoms with Crippen LogP contribution in [0.15, 0.2) is 12.2 Å². The van der Waals surface area contributed by atoms with E-state index in [4.69, 9.17) is 9.84 Å². The molecule has 66 valence electrons. The van der Waals surface area contributed by atoms with Gasteiger partial charge in [-0.05, 0) is 0 Å². The highest BCUT2D eigenvalue weighted by Crippen LogP contribution is 2.17. The van der Waals surface area contributed by atoms with Crippen LogP contribution in [0.3, 0.4) is 0 Å². The number of aliphatic carboxylic acids is 1.